The molecule has 1 N–H and O–H groups in total. The molecule has 0 bridgehead atoms. The average Bonchev–Trinajstić information content (AvgIpc) is 2.28. The fourth-order valence-electron chi connectivity index (χ4n) is 2.16. The Kier molecular flexibility index (Phi) is 3.34. The SMILES string of the molecule is CC(C)N1C(=O)C(C)(C)Sc2cc(C(=O)O)ccc21. The van der Waals surface area contributed by atoms with Crippen molar-refractivity contribution in [2.75, 3.05) is 4.90 Å². The summed E-state index contributed by atoms with van der Waals surface area (Å²) in [5.41, 5.74) is 1.05. The van der Waals surface area contributed by atoms with Gasteiger partial charge in [-0.15, -0.1) is 11.8 Å². The Morgan fingerprint density at radius 2 is 2.00 bits per heavy atom. The lowest BCUT2D eigenvalue weighted by Gasteiger charge is -2.40. The van der Waals surface area contributed by atoms with Gasteiger partial charge in [0.2, 0.25) is 5.91 Å². The van der Waals surface area contributed by atoms with Crippen LogP contribution in [0.15, 0.2) is 23.1 Å². The van der Waals surface area contributed by atoms with E-state index in [1.165, 1.54) is 11.8 Å². The van der Waals surface area contributed by atoms with Gasteiger partial charge in [-0.25, -0.2) is 4.79 Å². The lowest BCUT2D eigenvalue weighted by Crippen LogP contribution is -2.49. The first kappa shape index (κ1) is 13.9. The standard InChI is InChI=1S/C14H17NO3S/c1-8(2)15-10-6-5-9(12(16)17)7-11(10)19-14(3,4)13(15)18/h5-8H,1-4H3,(H,16,17). The summed E-state index contributed by atoms with van der Waals surface area (Å²) in [7, 11) is 0. The van der Waals surface area contributed by atoms with Crippen LogP contribution in [0, 0.1) is 0 Å². The van der Waals surface area contributed by atoms with Crippen molar-refractivity contribution in [3.8, 4) is 0 Å². The number of benzene rings is 1. The fourth-order valence-corrected chi connectivity index (χ4v) is 3.35. The fraction of sp³-hybridized carbons (Fsp3) is 0.429. The van der Waals surface area contributed by atoms with Crippen molar-refractivity contribution in [3.63, 3.8) is 0 Å². The third-order valence-corrected chi connectivity index (χ3v) is 4.31. The summed E-state index contributed by atoms with van der Waals surface area (Å²) in [4.78, 5) is 26.1. The molecule has 0 fully saturated rings. The van der Waals surface area contributed by atoms with Gasteiger partial charge in [0, 0.05) is 10.9 Å². The molecule has 0 aromatic heterocycles. The first-order valence-electron chi connectivity index (χ1n) is 6.14. The minimum Gasteiger partial charge on any atom is -0.478 e. The number of nitrogens with zero attached hydrogens (tertiary/aromatic N) is 1. The lowest BCUT2D eigenvalue weighted by atomic mass is 10.1. The maximum Gasteiger partial charge on any atom is 0.335 e. The number of thioether (sulfide) groups is 1. The quantitative estimate of drug-likeness (QED) is 0.904. The number of carboxylic acid groups (broad SMARTS) is 1. The summed E-state index contributed by atoms with van der Waals surface area (Å²) in [6.45, 7) is 7.65. The van der Waals surface area contributed by atoms with Gasteiger partial charge in [0.05, 0.1) is 16.0 Å². The Labute approximate surface area is 116 Å². The number of rotatable bonds is 2. The highest BCUT2D eigenvalue weighted by molar-refractivity contribution is 8.01. The predicted octanol–water partition coefficient (Wildman–Crippen LogP) is 3.01. The molecule has 0 saturated carbocycles. The van der Waals surface area contributed by atoms with Crippen molar-refractivity contribution in [3.05, 3.63) is 23.8 Å². The molecule has 0 aliphatic carbocycles. The maximum absolute atomic E-state index is 12.5. The molecule has 19 heavy (non-hydrogen) atoms. The number of anilines is 1. The van der Waals surface area contributed by atoms with Crippen LogP contribution >= 0.6 is 11.8 Å². The number of carbonyl (C=O) groups excluding carboxylic acids is 1. The molecule has 0 spiro atoms. The van der Waals surface area contributed by atoms with Gasteiger partial charge in [0.1, 0.15) is 0 Å². The number of carbonyl (C=O) groups is 2. The van der Waals surface area contributed by atoms with Crippen molar-refractivity contribution in [2.24, 2.45) is 0 Å². The molecule has 1 aromatic carbocycles. The van der Waals surface area contributed by atoms with Crippen LogP contribution in [0.5, 0.6) is 0 Å². The Morgan fingerprint density at radius 3 is 2.53 bits per heavy atom. The van der Waals surface area contributed by atoms with Gasteiger partial charge in [0.25, 0.3) is 0 Å². The van der Waals surface area contributed by atoms with Crippen molar-refractivity contribution in [2.45, 2.75) is 43.4 Å². The molecule has 1 amide bonds. The number of amides is 1. The normalized spacial score (nSPS) is 17.5. The van der Waals surface area contributed by atoms with Gasteiger partial charge < -0.3 is 10.0 Å². The van der Waals surface area contributed by atoms with Gasteiger partial charge in [-0.2, -0.15) is 0 Å². The van der Waals surface area contributed by atoms with E-state index in [0.29, 0.717) is 0 Å². The molecule has 1 aliphatic heterocycles. The summed E-state index contributed by atoms with van der Waals surface area (Å²) in [6.07, 6.45) is 0. The Hall–Kier alpha value is -1.49. The molecule has 2 rings (SSSR count). The third kappa shape index (κ3) is 2.34. The first-order valence-corrected chi connectivity index (χ1v) is 6.95. The Morgan fingerprint density at radius 1 is 1.37 bits per heavy atom. The number of hydrogen-bond acceptors (Lipinski definition) is 3. The van der Waals surface area contributed by atoms with Crippen molar-refractivity contribution >= 4 is 29.3 Å². The van der Waals surface area contributed by atoms with E-state index >= 15 is 0 Å². The van der Waals surface area contributed by atoms with E-state index < -0.39 is 10.7 Å². The highest BCUT2D eigenvalue weighted by Gasteiger charge is 2.41. The zero-order valence-electron chi connectivity index (χ0n) is 11.4. The topological polar surface area (TPSA) is 57.6 Å². The summed E-state index contributed by atoms with van der Waals surface area (Å²) in [5, 5.41) is 9.05. The number of carboxylic acids is 1. The Bertz CT molecular complexity index is 552. The molecule has 1 aliphatic rings. The third-order valence-electron chi connectivity index (χ3n) is 3.08. The smallest absolute Gasteiger partial charge is 0.335 e. The van der Waals surface area contributed by atoms with Gasteiger partial charge in [-0.3, -0.25) is 4.79 Å². The van der Waals surface area contributed by atoms with Gasteiger partial charge in [-0.05, 0) is 45.9 Å². The van der Waals surface area contributed by atoms with E-state index in [1.54, 1.807) is 23.1 Å². The summed E-state index contributed by atoms with van der Waals surface area (Å²) in [6, 6.07) is 4.95. The second-order valence-electron chi connectivity index (χ2n) is 5.37. The minimum atomic E-state index is -0.950. The van der Waals surface area contributed by atoms with Crippen LogP contribution in [0.2, 0.25) is 0 Å². The highest BCUT2D eigenvalue weighted by Crippen LogP contribution is 2.46. The van der Waals surface area contributed by atoms with Gasteiger partial charge >= 0.3 is 5.97 Å². The van der Waals surface area contributed by atoms with Crippen LogP contribution in [-0.2, 0) is 4.79 Å². The molecule has 0 unspecified atom stereocenters. The molecule has 0 saturated heterocycles. The largest absolute Gasteiger partial charge is 0.478 e. The van der Waals surface area contributed by atoms with E-state index in [4.69, 9.17) is 5.11 Å². The van der Waals surface area contributed by atoms with E-state index in [9.17, 15) is 9.59 Å². The second-order valence-corrected chi connectivity index (χ2v) is 7.03. The molecule has 4 nitrogen and oxygen atoms in total. The summed E-state index contributed by atoms with van der Waals surface area (Å²) < 4.78 is -0.575. The molecule has 1 heterocycles. The molecular weight excluding hydrogens is 262 g/mol. The van der Waals surface area contributed by atoms with E-state index in [1.807, 2.05) is 27.7 Å². The lowest BCUT2D eigenvalue weighted by molar-refractivity contribution is -0.120. The van der Waals surface area contributed by atoms with Crippen molar-refractivity contribution in [1.82, 2.24) is 0 Å². The van der Waals surface area contributed by atoms with Crippen molar-refractivity contribution < 1.29 is 14.7 Å². The number of hydrogen-bond donors (Lipinski definition) is 1. The summed E-state index contributed by atoms with van der Waals surface area (Å²) >= 11 is 1.42. The molecule has 0 atom stereocenters. The minimum absolute atomic E-state index is 0.0436. The van der Waals surface area contributed by atoms with E-state index in [0.717, 1.165) is 10.6 Å². The first-order chi connectivity index (χ1) is 8.74. The zero-order valence-corrected chi connectivity index (χ0v) is 12.2. The van der Waals surface area contributed by atoms with E-state index in [-0.39, 0.29) is 17.5 Å². The maximum atomic E-state index is 12.5. The van der Waals surface area contributed by atoms with Crippen LogP contribution in [0.1, 0.15) is 38.1 Å². The average molecular weight is 279 g/mol. The summed E-state index contributed by atoms with van der Waals surface area (Å²) in [5.74, 6) is -0.891. The molecule has 1 aromatic rings. The van der Waals surface area contributed by atoms with Gasteiger partial charge in [-0.1, -0.05) is 0 Å². The second kappa shape index (κ2) is 4.56. The highest BCUT2D eigenvalue weighted by atomic mass is 32.2. The monoisotopic (exact) mass is 279 g/mol. The van der Waals surface area contributed by atoms with Crippen molar-refractivity contribution in [1.29, 1.82) is 0 Å². The number of fused-ring (bicyclic) bond motifs is 1. The molecule has 102 valence electrons. The number of aromatic carboxylic acids is 1. The van der Waals surface area contributed by atoms with Crippen LogP contribution in [-0.4, -0.2) is 27.8 Å². The van der Waals surface area contributed by atoms with Crippen LogP contribution in [0.25, 0.3) is 0 Å². The van der Waals surface area contributed by atoms with Crippen LogP contribution in [0.4, 0.5) is 5.69 Å². The Balaban J connectivity index is 2.58. The zero-order chi connectivity index (χ0) is 14.4. The molecular formula is C14H17NO3S. The van der Waals surface area contributed by atoms with E-state index in [2.05, 4.69) is 0 Å². The van der Waals surface area contributed by atoms with Crippen LogP contribution < -0.4 is 4.90 Å². The molecule has 0 radical (unpaired) electrons. The predicted molar refractivity (Wildman–Crippen MR) is 76.0 cm³/mol. The van der Waals surface area contributed by atoms with Gasteiger partial charge in [0.15, 0.2) is 0 Å². The van der Waals surface area contributed by atoms with Crippen LogP contribution in [0.3, 0.4) is 0 Å². The molecule has 5 heteroatoms.